The molecule has 0 saturated carbocycles. The van der Waals surface area contributed by atoms with Gasteiger partial charge in [-0.1, -0.05) is 48.9 Å². The summed E-state index contributed by atoms with van der Waals surface area (Å²) in [4.78, 5) is 16.5. The van der Waals surface area contributed by atoms with Crippen molar-refractivity contribution in [2.45, 2.75) is 33.1 Å². The SMILES string of the molecule is CCC(C)c1ccc(OCC(=O)Nc2nc3cc(Cl)c(C)cc3s2)cc1. The van der Waals surface area contributed by atoms with Crippen LogP contribution in [0.25, 0.3) is 10.2 Å². The number of thiazole rings is 1. The second-order valence-electron chi connectivity index (χ2n) is 6.30. The average molecular weight is 389 g/mol. The van der Waals surface area contributed by atoms with Gasteiger partial charge >= 0.3 is 0 Å². The molecule has 0 aliphatic carbocycles. The number of nitrogens with zero attached hydrogens (tertiary/aromatic N) is 1. The second-order valence-corrected chi connectivity index (χ2v) is 7.74. The summed E-state index contributed by atoms with van der Waals surface area (Å²) in [7, 11) is 0. The first kappa shape index (κ1) is 18.7. The van der Waals surface area contributed by atoms with Gasteiger partial charge in [-0.3, -0.25) is 10.1 Å². The number of amides is 1. The molecular weight excluding hydrogens is 368 g/mol. The zero-order valence-corrected chi connectivity index (χ0v) is 16.6. The van der Waals surface area contributed by atoms with Crippen molar-refractivity contribution in [2.75, 3.05) is 11.9 Å². The minimum absolute atomic E-state index is 0.0572. The minimum Gasteiger partial charge on any atom is -0.484 e. The lowest BCUT2D eigenvalue weighted by Crippen LogP contribution is -2.20. The third kappa shape index (κ3) is 4.34. The van der Waals surface area contributed by atoms with Crippen LogP contribution in [0.5, 0.6) is 5.75 Å². The molecular formula is C20H21ClN2O2S. The first-order valence-corrected chi connectivity index (χ1v) is 9.75. The van der Waals surface area contributed by atoms with Gasteiger partial charge in [0, 0.05) is 5.02 Å². The monoisotopic (exact) mass is 388 g/mol. The lowest BCUT2D eigenvalue weighted by atomic mass is 9.99. The first-order valence-electron chi connectivity index (χ1n) is 8.55. The van der Waals surface area contributed by atoms with E-state index in [2.05, 4.69) is 24.1 Å². The molecule has 1 unspecified atom stereocenters. The zero-order chi connectivity index (χ0) is 18.7. The normalized spacial score (nSPS) is 12.2. The molecule has 1 amide bonds. The lowest BCUT2D eigenvalue weighted by Gasteiger charge is -2.10. The van der Waals surface area contributed by atoms with Gasteiger partial charge in [0.2, 0.25) is 0 Å². The molecule has 0 saturated heterocycles. The molecule has 0 fully saturated rings. The van der Waals surface area contributed by atoms with Gasteiger partial charge in [0.25, 0.3) is 5.91 Å². The van der Waals surface area contributed by atoms with Gasteiger partial charge in [-0.15, -0.1) is 0 Å². The smallest absolute Gasteiger partial charge is 0.264 e. The molecule has 1 aromatic heterocycles. The number of nitrogens with one attached hydrogen (secondary N) is 1. The highest BCUT2D eigenvalue weighted by Crippen LogP contribution is 2.30. The average Bonchev–Trinajstić information content (AvgIpc) is 3.01. The van der Waals surface area contributed by atoms with E-state index in [0.29, 0.717) is 21.8 Å². The van der Waals surface area contributed by atoms with E-state index in [0.717, 1.165) is 22.2 Å². The Bertz CT molecular complexity index is 882. The van der Waals surface area contributed by atoms with E-state index in [1.165, 1.54) is 16.9 Å². The molecule has 136 valence electrons. The summed E-state index contributed by atoms with van der Waals surface area (Å²) in [6.45, 7) is 6.24. The van der Waals surface area contributed by atoms with Crippen LogP contribution in [0.4, 0.5) is 5.13 Å². The van der Waals surface area contributed by atoms with Crippen molar-refractivity contribution in [3.63, 3.8) is 0 Å². The molecule has 3 aromatic rings. The summed E-state index contributed by atoms with van der Waals surface area (Å²) in [5.74, 6) is 0.959. The van der Waals surface area contributed by atoms with Gasteiger partial charge in [0.15, 0.2) is 11.7 Å². The molecule has 3 rings (SSSR count). The number of hydrogen-bond donors (Lipinski definition) is 1. The van der Waals surface area contributed by atoms with Crippen molar-refractivity contribution in [1.29, 1.82) is 0 Å². The summed E-state index contributed by atoms with van der Waals surface area (Å²) in [6.07, 6.45) is 1.09. The van der Waals surface area contributed by atoms with E-state index in [4.69, 9.17) is 16.3 Å². The number of aryl methyl sites for hydroxylation is 1. The van der Waals surface area contributed by atoms with Gasteiger partial charge in [0.05, 0.1) is 10.2 Å². The molecule has 0 aliphatic heterocycles. The van der Waals surface area contributed by atoms with Crippen LogP contribution in [0.2, 0.25) is 5.02 Å². The fourth-order valence-corrected chi connectivity index (χ4v) is 3.66. The fraction of sp³-hybridized carbons (Fsp3) is 0.300. The Morgan fingerprint density at radius 3 is 2.73 bits per heavy atom. The number of benzene rings is 2. The van der Waals surface area contributed by atoms with Gasteiger partial charge in [-0.2, -0.15) is 0 Å². The zero-order valence-electron chi connectivity index (χ0n) is 15.0. The standard InChI is InChI=1S/C20H21ClN2O2S/c1-4-12(2)14-5-7-15(8-6-14)25-11-19(24)23-20-22-17-10-16(21)13(3)9-18(17)26-20/h5-10,12H,4,11H2,1-3H3,(H,22,23,24). The lowest BCUT2D eigenvalue weighted by molar-refractivity contribution is -0.118. The topological polar surface area (TPSA) is 51.2 Å². The van der Waals surface area contributed by atoms with Crippen LogP contribution in [0.15, 0.2) is 36.4 Å². The summed E-state index contributed by atoms with van der Waals surface area (Å²) in [5, 5.41) is 3.99. The Kier molecular flexibility index (Phi) is 5.79. The number of fused-ring (bicyclic) bond motifs is 1. The number of hydrogen-bond acceptors (Lipinski definition) is 4. The predicted molar refractivity (Wildman–Crippen MR) is 109 cm³/mol. The molecule has 0 bridgehead atoms. The Labute approximate surface area is 162 Å². The minimum atomic E-state index is -0.238. The van der Waals surface area contributed by atoms with E-state index in [1.54, 1.807) is 0 Å². The van der Waals surface area contributed by atoms with Gasteiger partial charge in [-0.25, -0.2) is 4.98 Å². The highest BCUT2D eigenvalue weighted by atomic mass is 35.5. The van der Waals surface area contributed by atoms with Crippen LogP contribution in [0.3, 0.4) is 0 Å². The van der Waals surface area contributed by atoms with Gasteiger partial charge in [0.1, 0.15) is 5.75 Å². The van der Waals surface area contributed by atoms with E-state index in [9.17, 15) is 4.79 Å². The molecule has 1 atom stereocenters. The summed E-state index contributed by atoms with van der Waals surface area (Å²) < 4.78 is 6.55. The Morgan fingerprint density at radius 1 is 1.31 bits per heavy atom. The van der Waals surface area contributed by atoms with Crippen molar-refractivity contribution in [1.82, 2.24) is 4.98 Å². The molecule has 6 heteroatoms. The number of rotatable bonds is 6. The second kappa shape index (κ2) is 8.06. The van der Waals surface area contributed by atoms with E-state index in [-0.39, 0.29) is 12.5 Å². The van der Waals surface area contributed by atoms with Gasteiger partial charge in [-0.05, 0) is 54.7 Å². The number of anilines is 1. The quantitative estimate of drug-likeness (QED) is 0.581. The van der Waals surface area contributed by atoms with Crippen LogP contribution in [-0.4, -0.2) is 17.5 Å². The van der Waals surface area contributed by atoms with Gasteiger partial charge < -0.3 is 4.74 Å². The highest BCUT2D eigenvalue weighted by Gasteiger charge is 2.10. The maximum Gasteiger partial charge on any atom is 0.264 e. The Morgan fingerprint density at radius 2 is 2.04 bits per heavy atom. The third-order valence-corrected chi connectivity index (χ3v) is 5.69. The largest absolute Gasteiger partial charge is 0.484 e. The molecule has 0 radical (unpaired) electrons. The fourth-order valence-electron chi connectivity index (χ4n) is 2.54. The van der Waals surface area contributed by atoms with Crippen molar-refractivity contribution < 1.29 is 9.53 Å². The van der Waals surface area contributed by atoms with E-state index in [1.807, 2.05) is 43.3 Å². The van der Waals surface area contributed by atoms with E-state index < -0.39 is 0 Å². The molecule has 26 heavy (non-hydrogen) atoms. The Balaban J connectivity index is 1.59. The molecule has 4 nitrogen and oxygen atoms in total. The highest BCUT2D eigenvalue weighted by molar-refractivity contribution is 7.22. The number of ether oxygens (including phenoxy) is 1. The summed E-state index contributed by atoms with van der Waals surface area (Å²) in [5.41, 5.74) is 3.04. The molecule has 1 N–H and O–H groups in total. The predicted octanol–water partition coefficient (Wildman–Crippen LogP) is 5.79. The summed E-state index contributed by atoms with van der Waals surface area (Å²) in [6, 6.07) is 11.7. The van der Waals surface area contributed by atoms with Crippen molar-refractivity contribution >= 4 is 44.2 Å². The van der Waals surface area contributed by atoms with Crippen molar-refractivity contribution in [3.05, 3.63) is 52.5 Å². The van der Waals surface area contributed by atoms with Crippen molar-refractivity contribution in [3.8, 4) is 5.75 Å². The maximum absolute atomic E-state index is 12.1. The first-order chi connectivity index (χ1) is 12.5. The maximum atomic E-state index is 12.1. The van der Waals surface area contributed by atoms with Crippen LogP contribution < -0.4 is 10.1 Å². The molecule has 1 heterocycles. The number of carbonyl (C=O) groups excluding carboxylic acids is 1. The number of carbonyl (C=O) groups is 1. The molecule has 2 aromatic carbocycles. The summed E-state index contributed by atoms with van der Waals surface area (Å²) >= 11 is 7.54. The molecule has 0 spiro atoms. The Hall–Kier alpha value is -2.11. The van der Waals surface area contributed by atoms with Crippen molar-refractivity contribution in [2.24, 2.45) is 0 Å². The van der Waals surface area contributed by atoms with Crippen LogP contribution in [0, 0.1) is 6.92 Å². The number of aromatic nitrogens is 1. The van der Waals surface area contributed by atoms with E-state index >= 15 is 0 Å². The van der Waals surface area contributed by atoms with Crippen LogP contribution in [-0.2, 0) is 4.79 Å². The van der Waals surface area contributed by atoms with Crippen LogP contribution >= 0.6 is 22.9 Å². The van der Waals surface area contributed by atoms with Crippen LogP contribution in [0.1, 0.15) is 37.3 Å². The third-order valence-electron chi connectivity index (χ3n) is 4.35. The molecule has 0 aliphatic rings. The number of halogens is 1.